The Morgan fingerprint density at radius 2 is 1.95 bits per heavy atom. The number of anilines is 1. The number of halogens is 5. The van der Waals surface area contributed by atoms with E-state index < -0.39 is 23.7 Å². The van der Waals surface area contributed by atoms with Crippen molar-refractivity contribution in [2.24, 2.45) is 11.0 Å². The number of benzene rings is 1. The number of rotatable bonds is 1. The number of alkyl halides is 3. The van der Waals surface area contributed by atoms with Crippen molar-refractivity contribution in [3.05, 3.63) is 28.2 Å². The second kappa shape index (κ2) is 4.68. The maximum absolute atomic E-state index is 12.7. The van der Waals surface area contributed by atoms with Gasteiger partial charge in [-0.1, -0.05) is 23.2 Å². The van der Waals surface area contributed by atoms with E-state index in [1.807, 2.05) is 0 Å². The van der Waals surface area contributed by atoms with Crippen LogP contribution in [0.2, 0.25) is 10.0 Å². The standard InChI is InChI=1S/C11H7Cl2F3N2O/c1-5-9(11(14,15)16)17-18(10(5)19)8-3-2-6(12)4-7(8)13/h2-5H,1H3. The fourth-order valence-corrected chi connectivity index (χ4v) is 2.16. The molecule has 3 nitrogen and oxygen atoms in total. The van der Waals surface area contributed by atoms with Gasteiger partial charge in [-0.3, -0.25) is 4.79 Å². The number of hydrogen-bond donors (Lipinski definition) is 0. The maximum atomic E-state index is 12.7. The van der Waals surface area contributed by atoms with Crippen molar-refractivity contribution in [1.82, 2.24) is 0 Å². The smallest absolute Gasteiger partial charge is 0.272 e. The molecule has 19 heavy (non-hydrogen) atoms. The van der Waals surface area contributed by atoms with Gasteiger partial charge in [-0.25, -0.2) is 0 Å². The summed E-state index contributed by atoms with van der Waals surface area (Å²) in [7, 11) is 0. The highest BCUT2D eigenvalue weighted by Crippen LogP contribution is 2.35. The molecule has 0 aromatic heterocycles. The minimum atomic E-state index is -4.65. The lowest BCUT2D eigenvalue weighted by atomic mass is 10.1. The van der Waals surface area contributed by atoms with Crippen molar-refractivity contribution >= 4 is 40.5 Å². The quantitative estimate of drug-likeness (QED) is 0.774. The molecule has 2 rings (SSSR count). The van der Waals surface area contributed by atoms with Crippen molar-refractivity contribution in [3.8, 4) is 0 Å². The van der Waals surface area contributed by atoms with E-state index in [-0.39, 0.29) is 10.7 Å². The molecule has 102 valence electrons. The molecule has 8 heteroatoms. The van der Waals surface area contributed by atoms with Crippen LogP contribution in [0.25, 0.3) is 0 Å². The van der Waals surface area contributed by atoms with Gasteiger partial charge in [-0.05, 0) is 25.1 Å². The van der Waals surface area contributed by atoms with Gasteiger partial charge < -0.3 is 0 Å². The van der Waals surface area contributed by atoms with Crippen LogP contribution in [0.15, 0.2) is 23.3 Å². The highest BCUT2D eigenvalue weighted by Gasteiger charge is 2.48. The van der Waals surface area contributed by atoms with Gasteiger partial charge >= 0.3 is 6.18 Å². The lowest BCUT2D eigenvalue weighted by Crippen LogP contribution is -2.31. The van der Waals surface area contributed by atoms with Gasteiger partial charge in [0.05, 0.1) is 16.6 Å². The Morgan fingerprint density at radius 3 is 2.42 bits per heavy atom. The molecule has 0 bridgehead atoms. The molecule has 0 fully saturated rings. The molecule has 0 spiro atoms. The third-order valence-electron chi connectivity index (χ3n) is 2.63. The summed E-state index contributed by atoms with van der Waals surface area (Å²) in [5.41, 5.74) is -1.06. The topological polar surface area (TPSA) is 32.7 Å². The number of hydrogen-bond acceptors (Lipinski definition) is 2. The molecule has 1 unspecified atom stereocenters. The summed E-state index contributed by atoms with van der Waals surface area (Å²) in [6.45, 7) is 1.15. The van der Waals surface area contributed by atoms with Crippen LogP contribution in [0.4, 0.5) is 18.9 Å². The van der Waals surface area contributed by atoms with E-state index in [4.69, 9.17) is 23.2 Å². The van der Waals surface area contributed by atoms with E-state index in [2.05, 4.69) is 5.10 Å². The second-order valence-corrected chi connectivity index (χ2v) is 4.79. The predicted molar refractivity (Wildman–Crippen MR) is 66.6 cm³/mol. The minimum absolute atomic E-state index is 0.0558. The molecule has 1 aliphatic heterocycles. The zero-order valence-corrected chi connectivity index (χ0v) is 11.0. The summed E-state index contributed by atoms with van der Waals surface area (Å²) >= 11 is 11.5. The summed E-state index contributed by atoms with van der Waals surface area (Å²) < 4.78 is 38.0. The summed E-state index contributed by atoms with van der Waals surface area (Å²) in [4.78, 5) is 11.8. The Morgan fingerprint density at radius 1 is 1.32 bits per heavy atom. The van der Waals surface area contributed by atoms with Gasteiger partial charge in [-0.15, -0.1) is 0 Å². The number of carbonyl (C=O) groups excluding carboxylic acids is 1. The molecule has 1 aromatic rings. The van der Waals surface area contributed by atoms with Crippen molar-refractivity contribution in [1.29, 1.82) is 0 Å². The Kier molecular flexibility index (Phi) is 3.49. The number of hydrazone groups is 1. The van der Waals surface area contributed by atoms with Crippen molar-refractivity contribution in [2.45, 2.75) is 13.1 Å². The van der Waals surface area contributed by atoms with E-state index in [1.165, 1.54) is 18.2 Å². The molecule has 1 atom stereocenters. The number of carbonyl (C=O) groups is 1. The predicted octanol–water partition coefficient (Wildman–Crippen LogP) is 3.89. The summed E-state index contributed by atoms with van der Waals surface area (Å²) in [5, 5.41) is 4.36. The molecule has 0 saturated carbocycles. The van der Waals surface area contributed by atoms with Gasteiger partial charge in [0.15, 0.2) is 5.71 Å². The fraction of sp³-hybridized carbons (Fsp3) is 0.273. The van der Waals surface area contributed by atoms with Crippen LogP contribution in [-0.2, 0) is 4.79 Å². The molecule has 1 aromatic carbocycles. The van der Waals surface area contributed by atoms with Crippen molar-refractivity contribution < 1.29 is 18.0 Å². The van der Waals surface area contributed by atoms with Crippen LogP contribution in [0.1, 0.15) is 6.92 Å². The number of amides is 1. The SMILES string of the molecule is CC1C(=O)N(c2ccc(Cl)cc2Cl)N=C1C(F)(F)F. The highest BCUT2D eigenvalue weighted by molar-refractivity contribution is 6.37. The molecule has 0 saturated heterocycles. The average molecular weight is 311 g/mol. The summed E-state index contributed by atoms with van der Waals surface area (Å²) in [5.74, 6) is -2.14. The molecular weight excluding hydrogens is 304 g/mol. The first-order valence-electron chi connectivity index (χ1n) is 5.16. The van der Waals surface area contributed by atoms with Crippen LogP contribution in [0.5, 0.6) is 0 Å². The van der Waals surface area contributed by atoms with E-state index in [9.17, 15) is 18.0 Å². The van der Waals surface area contributed by atoms with Gasteiger partial charge in [0.1, 0.15) is 0 Å². The molecule has 0 radical (unpaired) electrons. The zero-order chi connectivity index (χ0) is 14.4. The molecule has 0 N–H and O–H groups in total. The molecule has 0 aliphatic carbocycles. The Hall–Kier alpha value is -1.27. The maximum Gasteiger partial charge on any atom is 0.432 e. The Labute approximate surface area is 116 Å². The third kappa shape index (κ3) is 2.55. The first kappa shape index (κ1) is 14.1. The summed E-state index contributed by atoms with van der Waals surface area (Å²) in [6.07, 6.45) is -4.65. The van der Waals surface area contributed by atoms with Gasteiger partial charge in [-0.2, -0.15) is 23.3 Å². The Bertz CT molecular complexity index is 572. The van der Waals surface area contributed by atoms with Crippen LogP contribution in [-0.4, -0.2) is 17.8 Å². The Balaban J connectivity index is 2.46. The first-order valence-corrected chi connectivity index (χ1v) is 5.92. The van der Waals surface area contributed by atoms with Crippen molar-refractivity contribution in [3.63, 3.8) is 0 Å². The normalized spacial score (nSPS) is 19.9. The minimum Gasteiger partial charge on any atom is -0.272 e. The van der Waals surface area contributed by atoms with Gasteiger partial charge in [0, 0.05) is 5.02 Å². The lowest BCUT2D eigenvalue weighted by Gasteiger charge is -2.14. The van der Waals surface area contributed by atoms with E-state index >= 15 is 0 Å². The molecule has 1 aliphatic rings. The molecule has 1 amide bonds. The van der Waals surface area contributed by atoms with E-state index in [0.29, 0.717) is 10.0 Å². The van der Waals surface area contributed by atoms with Crippen molar-refractivity contribution in [2.75, 3.05) is 5.01 Å². The molecule has 1 heterocycles. The van der Waals surface area contributed by atoms with Crippen LogP contribution >= 0.6 is 23.2 Å². The highest BCUT2D eigenvalue weighted by atomic mass is 35.5. The molecular formula is C11H7Cl2F3N2O. The first-order chi connectivity index (χ1) is 8.71. The zero-order valence-electron chi connectivity index (χ0n) is 9.50. The lowest BCUT2D eigenvalue weighted by molar-refractivity contribution is -0.120. The number of nitrogens with zero attached hydrogens (tertiary/aromatic N) is 2. The third-order valence-corrected chi connectivity index (χ3v) is 3.16. The largest absolute Gasteiger partial charge is 0.432 e. The fourth-order valence-electron chi connectivity index (χ4n) is 1.67. The van der Waals surface area contributed by atoms with Crippen LogP contribution < -0.4 is 5.01 Å². The second-order valence-electron chi connectivity index (χ2n) is 3.95. The monoisotopic (exact) mass is 310 g/mol. The van der Waals surface area contributed by atoms with Gasteiger partial charge in [0.25, 0.3) is 5.91 Å². The van der Waals surface area contributed by atoms with Crippen LogP contribution in [0, 0.1) is 5.92 Å². The summed E-state index contributed by atoms with van der Waals surface area (Å²) in [6, 6.07) is 4.09. The van der Waals surface area contributed by atoms with Gasteiger partial charge in [0.2, 0.25) is 0 Å². The van der Waals surface area contributed by atoms with Crippen LogP contribution in [0.3, 0.4) is 0 Å². The van der Waals surface area contributed by atoms with E-state index in [1.54, 1.807) is 0 Å². The van der Waals surface area contributed by atoms with E-state index in [0.717, 1.165) is 6.92 Å². The average Bonchev–Trinajstić information content (AvgIpc) is 2.56.